The maximum Gasteiger partial charge on any atom is 0.240 e. The van der Waals surface area contributed by atoms with Gasteiger partial charge in [0, 0.05) is 0 Å². The van der Waals surface area contributed by atoms with Gasteiger partial charge in [0.2, 0.25) is 5.91 Å². The lowest BCUT2D eigenvalue weighted by molar-refractivity contribution is -0.128. The predicted octanol–water partition coefficient (Wildman–Crippen LogP) is 2.67. The van der Waals surface area contributed by atoms with Crippen molar-refractivity contribution < 1.29 is 13.6 Å². The Labute approximate surface area is 117 Å². The van der Waals surface area contributed by atoms with E-state index < -0.39 is 17.2 Å². The summed E-state index contributed by atoms with van der Waals surface area (Å²) >= 11 is 0. The van der Waals surface area contributed by atoms with Crippen molar-refractivity contribution in [1.29, 1.82) is 0 Å². The SMILES string of the molecule is CC(NC(=O)C1(C)CCCCN1)c1ccc(F)c(F)c1. The van der Waals surface area contributed by atoms with Gasteiger partial charge in [-0.25, -0.2) is 8.78 Å². The molecular weight excluding hydrogens is 262 g/mol. The number of hydrogen-bond donors (Lipinski definition) is 2. The van der Waals surface area contributed by atoms with Gasteiger partial charge in [0.15, 0.2) is 11.6 Å². The Morgan fingerprint density at radius 3 is 2.70 bits per heavy atom. The normalized spacial score (nSPS) is 24.2. The second-order valence-electron chi connectivity index (χ2n) is 5.58. The highest BCUT2D eigenvalue weighted by Gasteiger charge is 2.34. The van der Waals surface area contributed by atoms with Crippen molar-refractivity contribution >= 4 is 5.91 Å². The minimum atomic E-state index is -0.898. The zero-order chi connectivity index (χ0) is 14.8. The maximum absolute atomic E-state index is 13.2. The first-order chi connectivity index (χ1) is 9.42. The summed E-state index contributed by atoms with van der Waals surface area (Å²) < 4.78 is 26.1. The molecule has 0 bridgehead atoms. The highest BCUT2D eigenvalue weighted by molar-refractivity contribution is 5.86. The van der Waals surface area contributed by atoms with Crippen molar-refractivity contribution in [1.82, 2.24) is 10.6 Å². The minimum absolute atomic E-state index is 0.102. The van der Waals surface area contributed by atoms with Crippen LogP contribution in [0.1, 0.15) is 44.7 Å². The van der Waals surface area contributed by atoms with Crippen LogP contribution in [0.4, 0.5) is 8.78 Å². The minimum Gasteiger partial charge on any atom is -0.348 e. The summed E-state index contributed by atoms with van der Waals surface area (Å²) in [5, 5.41) is 6.09. The third kappa shape index (κ3) is 3.15. The molecule has 3 nitrogen and oxygen atoms in total. The van der Waals surface area contributed by atoms with Gasteiger partial charge in [0.1, 0.15) is 0 Å². The number of hydrogen-bond acceptors (Lipinski definition) is 2. The number of rotatable bonds is 3. The zero-order valence-corrected chi connectivity index (χ0v) is 11.8. The van der Waals surface area contributed by atoms with Gasteiger partial charge in [-0.05, 0) is 57.4 Å². The van der Waals surface area contributed by atoms with Crippen LogP contribution in [0.5, 0.6) is 0 Å². The number of nitrogens with one attached hydrogen (secondary N) is 2. The monoisotopic (exact) mass is 282 g/mol. The molecule has 2 rings (SSSR count). The van der Waals surface area contributed by atoms with E-state index >= 15 is 0 Å². The molecule has 20 heavy (non-hydrogen) atoms. The summed E-state index contributed by atoms with van der Waals surface area (Å²) in [5.41, 5.74) is -0.0258. The molecule has 0 saturated carbocycles. The van der Waals surface area contributed by atoms with Crippen molar-refractivity contribution in [2.45, 2.75) is 44.7 Å². The molecule has 2 atom stereocenters. The van der Waals surface area contributed by atoms with Crippen LogP contribution in [0, 0.1) is 11.6 Å². The first kappa shape index (κ1) is 14.9. The van der Waals surface area contributed by atoms with Gasteiger partial charge < -0.3 is 10.6 Å². The highest BCUT2D eigenvalue weighted by Crippen LogP contribution is 2.21. The van der Waals surface area contributed by atoms with Crippen LogP contribution in [0.2, 0.25) is 0 Å². The van der Waals surface area contributed by atoms with Gasteiger partial charge in [0.25, 0.3) is 0 Å². The summed E-state index contributed by atoms with van der Waals surface area (Å²) in [7, 11) is 0. The maximum atomic E-state index is 13.2. The van der Waals surface area contributed by atoms with Crippen molar-refractivity contribution in [3.05, 3.63) is 35.4 Å². The van der Waals surface area contributed by atoms with E-state index in [-0.39, 0.29) is 11.9 Å². The molecule has 1 amide bonds. The Morgan fingerprint density at radius 1 is 1.35 bits per heavy atom. The molecule has 1 aliphatic rings. The number of carbonyl (C=O) groups is 1. The average molecular weight is 282 g/mol. The molecular formula is C15H20F2N2O. The lowest BCUT2D eigenvalue weighted by Crippen LogP contribution is -2.57. The summed E-state index contributed by atoms with van der Waals surface area (Å²) in [5.74, 6) is -1.88. The lowest BCUT2D eigenvalue weighted by Gasteiger charge is -2.34. The first-order valence-corrected chi connectivity index (χ1v) is 6.93. The molecule has 1 heterocycles. The summed E-state index contributed by atoms with van der Waals surface area (Å²) in [6.45, 7) is 4.46. The van der Waals surface area contributed by atoms with Crippen LogP contribution < -0.4 is 10.6 Å². The van der Waals surface area contributed by atoms with E-state index in [4.69, 9.17) is 0 Å². The van der Waals surface area contributed by atoms with Gasteiger partial charge in [0.05, 0.1) is 11.6 Å². The third-order valence-electron chi connectivity index (χ3n) is 3.91. The van der Waals surface area contributed by atoms with Gasteiger partial charge >= 0.3 is 0 Å². The summed E-state index contributed by atoms with van der Waals surface area (Å²) in [6.07, 6.45) is 2.86. The topological polar surface area (TPSA) is 41.1 Å². The fraction of sp³-hybridized carbons (Fsp3) is 0.533. The number of carbonyl (C=O) groups excluding carboxylic acids is 1. The number of halogens is 2. The highest BCUT2D eigenvalue weighted by atomic mass is 19.2. The fourth-order valence-electron chi connectivity index (χ4n) is 2.47. The van der Waals surface area contributed by atoms with Crippen LogP contribution >= 0.6 is 0 Å². The van der Waals surface area contributed by atoms with E-state index in [2.05, 4.69) is 10.6 Å². The second-order valence-corrected chi connectivity index (χ2v) is 5.58. The number of amides is 1. The quantitative estimate of drug-likeness (QED) is 0.895. The molecule has 0 radical (unpaired) electrons. The Morgan fingerprint density at radius 2 is 2.10 bits per heavy atom. The van der Waals surface area contributed by atoms with Crippen molar-refractivity contribution in [2.75, 3.05) is 6.54 Å². The van der Waals surface area contributed by atoms with Gasteiger partial charge in [-0.1, -0.05) is 6.07 Å². The number of piperidine rings is 1. The van der Waals surface area contributed by atoms with E-state index in [1.165, 1.54) is 6.07 Å². The molecule has 1 aromatic carbocycles. The zero-order valence-electron chi connectivity index (χ0n) is 11.8. The Kier molecular flexibility index (Phi) is 4.38. The predicted molar refractivity (Wildman–Crippen MR) is 73.2 cm³/mol. The third-order valence-corrected chi connectivity index (χ3v) is 3.91. The molecule has 110 valence electrons. The van der Waals surface area contributed by atoms with Crippen LogP contribution in [-0.2, 0) is 4.79 Å². The molecule has 0 aliphatic carbocycles. The lowest BCUT2D eigenvalue weighted by atomic mass is 9.89. The molecule has 1 fully saturated rings. The molecule has 2 N–H and O–H groups in total. The van der Waals surface area contributed by atoms with E-state index in [0.717, 1.165) is 37.9 Å². The van der Waals surface area contributed by atoms with Crippen molar-refractivity contribution in [3.63, 3.8) is 0 Å². The smallest absolute Gasteiger partial charge is 0.240 e. The van der Waals surface area contributed by atoms with Crippen molar-refractivity contribution in [3.8, 4) is 0 Å². The molecule has 1 aromatic rings. The molecule has 0 aromatic heterocycles. The van der Waals surface area contributed by atoms with Crippen LogP contribution in [-0.4, -0.2) is 18.0 Å². The summed E-state index contributed by atoms with van der Waals surface area (Å²) in [6, 6.07) is 3.32. The Bertz CT molecular complexity index is 499. The standard InChI is InChI=1S/C15H20F2N2O/c1-10(11-5-6-12(16)13(17)9-11)19-14(20)15(2)7-3-4-8-18-15/h5-6,9-10,18H,3-4,7-8H2,1-2H3,(H,19,20). The fourth-order valence-corrected chi connectivity index (χ4v) is 2.47. The Balaban J connectivity index is 2.04. The van der Waals surface area contributed by atoms with Crippen LogP contribution in [0.15, 0.2) is 18.2 Å². The molecule has 1 aliphatic heterocycles. The van der Waals surface area contributed by atoms with Gasteiger partial charge in [-0.2, -0.15) is 0 Å². The van der Waals surface area contributed by atoms with E-state index in [9.17, 15) is 13.6 Å². The van der Waals surface area contributed by atoms with E-state index in [1.807, 2.05) is 6.92 Å². The number of benzene rings is 1. The summed E-state index contributed by atoms with van der Waals surface area (Å²) in [4.78, 5) is 12.3. The van der Waals surface area contributed by atoms with Crippen LogP contribution in [0.3, 0.4) is 0 Å². The van der Waals surface area contributed by atoms with E-state index in [0.29, 0.717) is 5.56 Å². The second kappa shape index (κ2) is 5.87. The van der Waals surface area contributed by atoms with Gasteiger partial charge in [-0.15, -0.1) is 0 Å². The van der Waals surface area contributed by atoms with Crippen LogP contribution in [0.25, 0.3) is 0 Å². The van der Waals surface area contributed by atoms with Crippen molar-refractivity contribution in [2.24, 2.45) is 0 Å². The first-order valence-electron chi connectivity index (χ1n) is 6.93. The molecule has 5 heteroatoms. The molecule has 2 unspecified atom stereocenters. The largest absolute Gasteiger partial charge is 0.348 e. The molecule has 1 saturated heterocycles. The van der Waals surface area contributed by atoms with E-state index in [1.54, 1.807) is 6.92 Å². The van der Waals surface area contributed by atoms with Gasteiger partial charge in [-0.3, -0.25) is 4.79 Å². The Hall–Kier alpha value is -1.49. The molecule has 0 spiro atoms. The average Bonchev–Trinajstić information content (AvgIpc) is 2.42.